The van der Waals surface area contributed by atoms with E-state index in [2.05, 4.69) is 0 Å². The fourth-order valence-corrected chi connectivity index (χ4v) is 6.41. The Kier molecular flexibility index (Phi) is 4.23. The Labute approximate surface area is 148 Å². The van der Waals surface area contributed by atoms with Crippen LogP contribution in [0.15, 0.2) is 60.7 Å². The molecule has 25 heavy (non-hydrogen) atoms. The van der Waals surface area contributed by atoms with Gasteiger partial charge in [-0.15, -0.1) is 0 Å². The number of carbonyl (C=O) groups excluding carboxylic acids is 1. The van der Waals surface area contributed by atoms with Gasteiger partial charge in [0, 0.05) is 6.26 Å². The molecular formula is C20H22O4S. The number of rotatable bonds is 4. The lowest BCUT2D eigenvalue weighted by Crippen LogP contribution is -2.53. The quantitative estimate of drug-likeness (QED) is 0.788. The monoisotopic (exact) mass is 358 g/mol. The van der Waals surface area contributed by atoms with E-state index < -0.39 is 32.1 Å². The van der Waals surface area contributed by atoms with Crippen molar-refractivity contribution in [2.45, 2.75) is 30.6 Å². The Bertz CT molecular complexity index is 872. The highest BCUT2D eigenvalue weighted by atomic mass is 32.2. The molecule has 132 valence electrons. The molecule has 3 rings (SSSR count). The van der Waals surface area contributed by atoms with Crippen LogP contribution in [0.4, 0.5) is 0 Å². The third-order valence-corrected chi connectivity index (χ3v) is 7.28. The molecule has 0 N–H and O–H groups in total. The van der Waals surface area contributed by atoms with Crippen molar-refractivity contribution < 1.29 is 17.9 Å². The van der Waals surface area contributed by atoms with Crippen LogP contribution in [0.1, 0.15) is 25.0 Å². The molecule has 1 aliphatic heterocycles. The summed E-state index contributed by atoms with van der Waals surface area (Å²) in [4.78, 5) is 12.7. The second-order valence-corrected chi connectivity index (χ2v) is 9.24. The number of ether oxygens (including phenoxy) is 1. The molecule has 2 aromatic rings. The Morgan fingerprint density at radius 3 is 2.00 bits per heavy atom. The third-order valence-electron chi connectivity index (χ3n) is 5.10. The Morgan fingerprint density at radius 1 is 0.960 bits per heavy atom. The van der Waals surface area contributed by atoms with E-state index in [1.807, 2.05) is 36.4 Å². The molecule has 0 aromatic heterocycles. The zero-order valence-electron chi connectivity index (χ0n) is 14.6. The maximum atomic E-state index is 13.1. The molecule has 0 amide bonds. The fraction of sp³-hybridized carbons (Fsp3) is 0.350. The molecule has 1 saturated heterocycles. The zero-order chi connectivity index (χ0) is 18.3. The molecule has 0 spiro atoms. The molecule has 4 nitrogen and oxygen atoms in total. The van der Waals surface area contributed by atoms with E-state index in [4.69, 9.17) is 4.74 Å². The Hall–Kier alpha value is -2.14. The van der Waals surface area contributed by atoms with Gasteiger partial charge in [-0.05, 0) is 31.4 Å². The Morgan fingerprint density at radius 2 is 1.48 bits per heavy atom. The molecular weight excluding hydrogens is 336 g/mol. The smallest absolute Gasteiger partial charge is 0.311 e. The van der Waals surface area contributed by atoms with Crippen LogP contribution in [-0.4, -0.2) is 26.2 Å². The van der Waals surface area contributed by atoms with Crippen molar-refractivity contribution in [2.75, 3.05) is 6.26 Å². The van der Waals surface area contributed by atoms with Crippen molar-refractivity contribution >= 4 is 15.8 Å². The first-order valence-electron chi connectivity index (χ1n) is 8.22. The summed E-state index contributed by atoms with van der Waals surface area (Å²) in [7, 11) is -3.67. The lowest BCUT2D eigenvalue weighted by atomic mass is 9.74. The molecule has 1 aliphatic rings. The minimum absolute atomic E-state index is 0.311. The first-order valence-corrected chi connectivity index (χ1v) is 10.1. The number of hydrogen-bond acceptors (Lipinski definition) is 4. The van der Waals surface area contributed by atoms with Crippen LogP contribution in [0.25, 0.3) is 0 Å². The molecule has 0 saturated carbocycles. The summed E-state index contributed by atoms with van der Waals surface area (Å²) in [6, 6.07) is 18.4. The van der Waals surface area contributed by atoms with E-state index in [9.17, 15) is 13.2 Å². The normalized spacial score (nSPS) is 25.6. The Balaban J connectivity index is 2.25. The summed E-state index contributed by atoms with van der Waals surface area (Å²) in [5, 5.41) is 0. The third kappa shape index (κ3) is 2.67. The summed E-state index contributed by atoms with van der Waals surface area (Å²) in [5.41, 5.74) is 0.332. The maximum absolute atomic E-state index is 13.1. The molecule has 2 unspecified atom stereocenters. The van der Waals surface area contributed by atoms with E-state index in [-0.39, 0.29) is 0 Å². The lowest BCUT2D eigenvalue weighted by Gasteiger charge is -2.40. The first-order chi connectivity index (χ1) is 11.7. The largest absolute Gasteiger partial charge is 0.457 e. The van der Waals surface area contributed by atoms with Gasteiger partial charge in [-0.2, -0.15) is 0 Å². The van der Waals surface area contributed by atoms with Crippen molar-refractivity contribution in [2.24, 2.45) is 5.92 Å². The number of hydrogen-bond donors (Lipinski definition) is 0. The van der Waals surface area contributed by atoms with Crippen molar-refractivity contribution in [1.82, 2.24) is 0 Å². The lowest BCUT2D eigenvalue weighted by molar-refractivity contribution is -0.148. The van der Waals surface area contributed by atoms with Gasteiger partial charge in [0.15, 0.2) is 9.84 Å². The molecule has 2 atom stereocenters. The molecule has 0 aliphatic carbocycles. The van der Waals surface area contributed by atoms with Crippen LogP contribution in [-0.2, 0) is 30.5 Å². The number of benzene rings is 2. The highest BCUT2D eigenvalue weighted by Crippen LogP contribution is 2.54. The minimum Gasteiger partial charge on any atom is -0.457 e. The highest BCUT2D eigenvalue weighted by molar-refractivity contribution is 7.91. The predicted octanol–water partition coefficient (Wildman–Crippen LogP) is 3.12. The van der Waals surface area contributed by atoms with E-state index in [1.54, 1.807) is 38.1 Å². The summed E-state index contributed by atoms with van der Waals surface area (Å²) in [6.07, 6.45) is 1.51. The van der Waals surface area contributed by atoms with Crippen LogP contribution < -0.4 is 0 Å². The second kappa shape index (κ2) is 5.99. The summed E-state index contributed by atoms with van der Waals surface area (Å²) >= 11 is 0. The standard InChI is InChI=1S/C20H22O4S/c1-19(2)20(25(3,22)23,16-12-8-5-9-13-16)17(18(21)24-19)14-15-10-6-4-7-11-15/h4-13,17H,14H2,1-3H3. The SMILES string of the molecule is CC1(C)OC(=O)C(Cc2ccccc2)C1(c1ccccc1)S(C)(=O)=O. The molecule has 5 heteroatoms. The molecule has 0 bridgehead atoms. The topological polar surface area (TPSA) is 60.4 Å². The van der Waals surface area contributed by atoms with E-state index in [0.717, 1.165) is 5.56 Å². The van der Waals surface area contributed by atoms with Crippen LogP contribution in [0.3, 0.4) is 0 Å². The van der Waals surface area contributed by atoms with Crippen molar-refractivity contribution in [1.29, 1.82) is 0 Å². The van der Waals surface area contributed by atoms with Gasteiger partial charge >= 0.3 is 5.97 Å². The van der Waals surface area contributed by atoms with Crippen LogP contribution in [0, 0.1) is 5.92 Å². The number of sulfone groups is 1. The van der Waals surface area contributed by atoms with E-state index >= 15 is 0 Å². The van der Waals surface area contributed by atoms with E-state index in [0.29, 0.717) is 12.0 Å². The van der Waals surface area contributed by atoms with Crippen molar-refractivity contribution in [3.05, 3.63) is 71.8 Å². The molecule has 1 fully saturated rings. The van der Waals surface area contributed by atoms with Gasteiger partial charge in [-0.25, -0.2) is 8.42 Å². The van der Waals surface area contributed by atoms with Crippen LogP contribution >= 0.6 is 0 Å². The molecule has 2 aromatic carbocycles. The summed E-state index contributed by atoms with van der Waals surface area (Å²) in [6.45, 7) is 3.37. The van der Waals surface area contributed by atoms with Crippen molar-refractivity contribution in [3.63, 3.8) is 0 Å². The highest BCUT2D eigenvalue weighted by Gasteiger charge is 2.68. The average molecular weight is 358 g/mol. The minimum atomic E-state index is -3.67. The van der Waals surface area contributed by atoms with Gasteiger partial charge in [0.25, 0.3) is 0 Å². The fourth-order valence-electron chi connectivity index (χ4n) is 4.21. The molecule has 0 radical (unpaired) electrons. The number of esters is 1. The van der Waals surface area contributed by atoms with Gasteiger partial charge < -0.3 is 4.74 Å². The van der Waals surface area contributed by atoms with Gasteiger partial charge in [-0.1, -0.05) is 60.7 Å². The van der Waals surface area contributed by atoms with Crippen LogP contribution in [0.5, 0.6) is 0 Å². The van der Waals surface area contributed by atoms with Gasteiger partial charge in [-0.3, -0.25) is 4.79 Å². The number of cyclic esters (lactones) is 1. The van der Waals surface area contributed by atoms with Gasteiger partial charge in [0.2, 0.25) is 0 Å². The van der Waals surface area contributed by atoms with Gasteiger partial charge in [0.05, 0.1) is 5.92 Å². The molecule has 1 heterocycles. The number of carbonyl (C=O) groups is 1. The summed E-state index contributed by atoms with van der Waals surface area (Å²) < 4.78 is 30.3. The predicted molar refractivity (Wildman–Crippen MR) is 96.8 cm³/mol. The first kappa shape index (κ1) is 17.7. The van der Waals surface area contributed by atoms with Gasteiger partial charge in [0.1, 0.15) is 10.3 Å². The maximum Gasteiger partial charge on any atom is 0.311 e. The van der Waals surface area contributed by atoms with Crippen LogP contribution in [0.2, 0.25) is 0 Å². The van der Waals surface area contributed by atoms with Crippen molar-refractivity contribution in [3.8, 4) is 0 Å². The zero-order valence-corrected chi connectivity index (χ0v) is 15.4. The second-order valence-electron chi connectivity index (χ2n) is 7.05. The summed E-state index contributed by atoms with van der Waals surface area (Å²) in [5.74, 6) is -1.27. The van der Waals surface area contributed by atoms with E-state index in [1.165, 1.54) is 6.26 Å². The average Bonchev–Trinajstić information content (AvgIpc) is 2.75.